The average Bonchev–Trinajstić information content (AvgIpc) is 2.40. The average molecular weight is 441 g/mol. The van der Waals surface area contributed by atoms with E-state index >= 15 is 0 Å². The number of hydrogen-bond donors (Lipinski definition) is 1. The second-order valence-corrected chi connectivity index (χ2v) is 8.05. The molecule has 9 nitrogen and oxygen atoms in total. The molecule has 0 unspecified atom stereocenters. The van der Waals surface area contributed by atoms with Crippen molar-refractivity contribution in [2.45, 2.75) is 0 Å². The van der Waals surface area contributed by atoms with Crippen LogP contribution in [0.15, 0.2) is 12.1 Å². The molecule has 1 aliphatic heterocycles. The minimum absolute atomic E-state index is 0.00603. The van der Waals surface area contributed by atoms with Crippen molar-refractivity contribution >= 4 is 49.9 Å². The summed E-state index contributed by atoms with van der Waals surface area (Å²) in [6.45, 7) is 0.540. The molecule has 22 heavy (non-hydrogen) atoms. The van der Waals surface area contributed by atoms with Gasteiger partial charge in [0, 0.05) is 28.8 Å². The van der Waals surface area contributed by atoms with Gasteiger partial charge in [-0.15, -0.1) is 0 Å². The monoisotopic (exact) mass is 441 g/mol. The van der Waals surface area contributed by atoms with Crippen molar-refractivity contribution in [1.29, 1.82) is 0 Å². The van der Waals surface area contributed by atoms with Crippen molar-refractivity contribution in [1.82, 2.24) is 0 Å². The van der Waals surface area contributed by atoms with Crippen LogP contribution in [0.25, 0.3) is 0 Å². The molecule has 0 spiro atoms. The van der Waals surface area contributed by atoms with Crippen molar-refractivity contribution in [3.05, 3.63) is 25.8 Å². The first kappa shape index (κ1) is 16.7. The Bertz CT molecular complexity index is 722. The molecular weight excluding hydrogens is 429 g/mol. The highest BCUT2D eigenvalue weighted by molar-refractivity contribution is 14.1. The fourth-order valence-electron chi connectivity index (χ4n) is 2.06. The molecule has 0 bridgehead atoms. The van der Waals surface area contributed by atoms with Gasteiger partial charge in [-0.25, -0.2) is 13.2 Å². The number of nitro benzene ring substituents is 1. The number of nitro groups is 1. The minimum Gasteiger partial charge on any atom is -0.403 e. The van der Waals surface area contributed by atoms with Gasteiger partial charge in [-0.2, -0.15) is 0 Å². The maximum atomic E-state index is 11.5. The first-order chi connectivity index (χ1) is 10.2. The highest BCUT2D eigenvalue weighted by atomic mass is 127. The molecule has 2 N–H and O–H groups in total. The number of sulfone groups is 1. The number of carbonyl (C=O) groups excluding carboxylic acids is 1. The van der Waals surface area contributed by atoms with E-state index in [0.717, 1.165) is 0 Å². The van der Waals surface area contributed by atoms with E-state index in [2.05, 4.69) is 4.74 Å². The Labute approximate surface area is 139 Å². The third kappa shape index (κ3) is 3.76. The van der Waals surface area contributed by atoms with E-state index in [-0.39, 0.29) is 36.0 Å². The quantitative estimate of drug-likeness (QED) is 0.419. The zero-order valence-electron chi connectivity index (χ0n) is 11.2. The summed E-state index contributed by atoms with van der Waals surface area (Å²) in [6, 6.07) is 2.60. The van der Waals surface area contributed by atoms with Gasteiger partial charge >= 0.3 is 11.8 Å². The number of ether oxygens (including phenoxy) is 1. The Balaban J connectivity index is 2.40. The molecule has 2 rings (SSSR count). The Morgan fingerprint density at radius 3 is 2.45 bits per heavy atom. The molecule has 0 radical (unpaired) electrons. The van der Waals surface area contributed by atoms with Crippen LogP contribution in [0.1, 0.15) is 0 Å². The van der Waals surface area contributed by atoms with Crippen LogP contribution in [-0.2, 0) is 9.84 Å². The SMILES string of the molecule is NC(=O)Oc1cc(N2CCS(=O)(=O)CC2)c(I)cc1[N+](=O)[O-]. The molecule has 1 aromatic rings. The number of anilines is 1. The molecule has 1 saturated heterocycles. The van der Waals surface area contributed by atoms with Crippen LogP contribution in [-0.4, -0.2) is 44.0 Å². The van der Waals surface area contributed by atoms with Gasteiger partial charge in [-0.1, -0.05) is 0 Å². The number of benzene rings is 1. The van der Waals surface area contributed by atoms with Gasteiger partial charge in [0.15, 0.2) is 9.84 Å². The van der Waals surface area contributed by atoms with Crippen molar-refractivity contribution < 1.29 is 22.9 Å². The van der Waals surface area contributed by atoms with E-state index < -0.39 is 20.9 Å². The Hall–Kier alpha value is -1.63. The summed E-state index contributed by atoms with van der Waals surface area (Å²) in [5.41, 5.74) is 5.11. The van der Waals surface area contributed by atoms with Crippen LogP contribution in [0.4, 0.5) is 16.2 Å². The van der Waals surface area contributed by atoms with Crippen molar-refractivity contribution in [2.24, 2.45) is 5.73 Å². The zero-order chi connectivity index (χ0) is 16.5. The van der Waals surface area contributed by atoms with Gasteiger partial charge in [0.2, 0.25) is 5.75 Å². The molecule has 0 saturated carbocycles. The largest absolute Gasteiger partial charge is 0.410 e. The summed E-state index contributed by atoms with van der Waals surface area (Å²) in [6.07, 6.45) is -1.16. The van der Waals surface area contributed by atoms with E-state index in [1.165, 1.54) is 12.1 Å². The summed E-state index contributed by atoms with van der Waals surface area (Å²) in [7, 11) is -3.04. The summed E-state index contributed by atoms with van der Waals surface area (Å²) in [5.74, 6) is -0.251. The van der Waals surface area contributed by atoms with Crippen LogP contribution in [0.3, 0.4) is 0 Å². The lowest BCUT2D eigenvalue weighted by molar-refractivity contribution is -0.385. The summed E-state index contributed by atoms with van der Waals surface area (Å²) < 4.78 is 28.2. The third-order valence-electron chi connectivity index (χ3n) is 3.12. The fourth-order valence-corrected chi connectivity index (χ4v) is 4.05. The van der Waals surface area contributed by atoms with Crippen LogP contribution < -0.4 is 15.4 Å². The van der Waals surface area contributed by atoms with Gasteiger partial charge in [0.05, 0.1) is 22.1 Å². The van der Waals surface area contributed by atoms with Gasteiger partial charge in [0.25, 0.3) is 0 Å². The molecule has 0 aliphatic carbocycles. The van der Waals surface area contributed by atoms with Gasteiger partial charge in [-0.3, -0.25) is 10.1 Å². The molecule has 0 aromatic heterocycles. The molecule has 1 amide bonds. The van der Waals surface area contributed by atoms with Gasteiger partial charge in [0.1, 0.15) is 0 Å². The molecule has 1 aliphatic rings. The van der Waals surface area contributed by atoms with Crippen LogP contribution in [0, 0.1) is 13.7 Å². The fraction of sp³-hybridized carbons (Fsp3) is 0.364. The number of nitrogens with zero attached hydrogens (tertiary/aromatic N) is 2. The van der Waals surface area contributed by atoms with Crippen LogP contribution >= 0.6 is 22.6 Å². The van der Waals surface area contributed by atoms with Crippen molar-refractivity contribution in [3.8, 4) is 5.75 Å². The van der Waals surface area contributed by atoms with E-state index in [0.29, 0.717) is 9.26 Å². The number of halogens is 1. The first-order valence-corrected chi connectivity index (χ1v) is 9.00. The van der Waals surface area contributed by atoms with Crippen molar-refractivity contribution in [3.63, 3.8) is 0 Å². The molecule has 0 atom stereocenters. The topological polar surface area (TPSA) is 133 Å². The minimum atomic E-state index is -3.04. The third-order valence-corrected chi connectivity index (χ3v) is 5.59. The highest BCUT2D eigenvalue weighted by Gasteiger charge is 2.26. The summed E-state index contributed by atoms with van der Waals surface area (Å²) in [5, 5.41) is 11.0. The molecule has 1 heterocycles. The maximum absolute atomic E-state index is 11.5. The van der Waals surface area contributed by atoms with E-state index in [1.54, 1.807) is 4.90 Å². The lowest BCUT2D eigenvalue weighted by atomic mass is 10.2. The first-order valence-electron chi connectivity index (χ1n) is 6.10. The molecular formula is C11H12IN3O6S. The molecule has 120 valence electrons. The number of carbonyl (C=O) groups is 1. The van der Waals surface area contributed by atoms with E-state index in [1.807, 2.05) is 22.6 Å². The van der Waals surface area contributed by atoms with Crippen molar-refractivity contribution in [2.75, 3.05) is 29.5 Å². The predicted octanol–water partition coefficient (Wildman–Crippen LogP) is 0.892. The normalized spacial score (nSPS) is 17.0. The number of amides is 1. The Morgan fingerprint density at radius 1 is 1.36 bits per heavy atom. The Kier molecular flexibility index (Phi) is 4.75. The molecule has 11 heteroatoms. The summed E-state index contributed by atoms with van der Waals surface area (Å²) in [4.78, 5) is 23.0. The standard InChI is InChI=1S/C11H12IN3O6S/c12-7-5-9(15(17)18)10(21-11(13)16)6-8(7)14-1-3-22(19,20)4-2-14/h5-6H,1-4H2,(H2,13,16). The Morgan fingerprint density at radius 2 is 1.95 bits per heavy atom. The highest BCUT2D eigenvalue weighted by Crippen LogP contribution is 2.36. The van der Waals surface area contributed by atoms with Gasteiger partial charge < -0.3 is 15.4 Å². The van der Waals surface area contributed by atoms with Gasteiger partial charge in [-0.05, 0) is 22.6 Å². The maximum Gasteiger partial charge on any atom is 0.410 e. The van der Waals surface area contributed by atoms with E-state index in [9.17, 15) is 23.3 Å². The molecule has 1 aromatic carbocycles. The second kappa shape index (κ2) is 6.24. The lowest BCUT2D eigenvalue weighted by Crippen LogP contribution is -2.40. The summed E-state index contributed by atoms with van der Waals surface area (Å²) >= 11 is 1.91. The second-order valence-electron chi connectivity index (χ2n) is 4.59. The number of primary amides is 1. The lowest BCUT2D eigenvalue weighted by Gasteiger charge is -2.29. The predicted molar refractivity (Wildman–Crippen MR) is 86.9 cm³/mol. The molecule has 1 fully saturated rings. The number of hydrogen-bond acceptors (Lipinski definition) is 7. The zero-order valence-corrected chi connectivity index (χ0v) is 14.2. The number of rotatable bonds is 3. The van der Waals surface area contributed by atoms with E-state index in [4.69, 9.17) is 5.73 Å². The smallest absolute Gasteiger partial charge is 0.403 e. The van der Waals surface area contributed by atoms with Crippen LogP contribution in [0.5, 0.6) is 5.75 Å². The number of nitrogens with two attached hydrogens (primary N) is 1. The van der Waals surface area contributed by atoms with Crippen LogP contribution in [0.2, 0.25) is 0 Å².